The summed E-state index contributed by atoms with van der Waals surface area (Å²) in [6.07, 6.45) is 0.839. The van der Waals surface area contributed by atoms with E-state index in [2.05, 4.69) is 5.32 Å². The van der Waals surface area contributed by atoms with E-state index >= 15 is 0 Å². The molecule has 1 aromatic rings. The van der Waals surface area contributed by atoms with Crippen molar-refractivity contribution in [1.29, 1.82) is 0 Å². The lowest BCUT2D eigenvalue weighted by Gasteiger charge is -2.41. The Hall–Kier alpha value is -1.56. The molecule has 1 aliphatic rings. The highest BCUT2D eigenvalue weighted by Crippen LogP contribution is 2.23. The predicted molar refractivity (Wildman–Crippen MR) is 73.3 cm³/mol. The van der Waals surface area contributed by atoms with Crippen molar-refractivity contribution in [1.82, 2.24) is 10.2 Å². The maximum atomic E-state index is 11.8. The van der Waals surface area contributed by atoms with Gasteiger partial charge in [0.05, 0.1) is 5.92 Å². The molecule has 1 saturated heterocycles. The molecule has 5 nitrogen and oxygen atoms in total. The summed E-state index contributed by atoms with van der Waals surface area (Å²) in [5.74, 6) is -1.08. The molecule has 6 heteroatoms. The van der Waals surface area contributed by atoms with Gasteiger partial charge in [-0.25, -0.2) is 4.79 Å². The van der Waals surface area contributed by atoms with Gasteiger partial charge in [0.15, 0.2) is 0 Å². The molecule has 0 radical (unpaired) electrons. The molecule has 2 N–H and O–H groups in total. The number of hydrogen-bond acceptors (Lipinski definition) is 3. The van der Waals surface area contributed by atoms with Crippen LogP contribution in [0.25, 0.3) is 0 Å². The highest BCUT2D eigenvalue weighted by atomic mass is 32.1. The number of likely N-dealkylation sites (tertiary alicyclic amines) is 1. The lowest BCUT2D eigenvalue weighted by Crippen LogP contribution is -2.56. The van der Waals surface area contributed by atoms with Crippen LogP contribution in [0, 0.1) is 11.8 Å². The third kappa shape index (κ3) is 3.47. The van der Waals surface area contributed by atoms with Gasteiger partial charge in [-0.1, -0.05) is 13.0 Å². The van der Waals surface area contributed by atoms with Crippen molar-refractivity contribution in [2.24, 2.45) is 11.8 Å². The Balaban J connectivity index is 1.65. The second kappa shape index (κ2) is 6.06. The monoisotopic (exact) mass is 282 g/mol. The number of carboxylic acid groups (broad SMARTS) is 1. The minimum Gasteiger partial charge on any atom is -0.481 e. The molecule has 0 saturated carbocycles. The number of nitrogens with one attached hydrogen (secondary N) is 1. The summed E-state index contributed by atoms with van der Waals surface area (Å²) in [6, 6.07) is 3.95. The van der Waals surface area contributed by atoms with Crippen molar-refractivity contribution >= 4 is 23.3 Å². The fourth-order valence-electron chi connectivity index (χ4n) is 2.06. The summed E-state index contributed by atoms with van der Waals surface area (Å²) in [6.45, 7) is 3.39. The molecule has 0 bridgehead atoms. The quantitative estimate of drug-likeness (QED) is 0.863. The van der Waals surface area contributed by atoms with Crippen LogP contribution in [0.1, 0.15) is 11.8 Å². The van der Waals surface area contributed by atoms with Crippen molar-refractivity contribution < 1.29 is 14.7 Å². The number of carbonyl (C=O) groups is 2. The standard InChI is InChI=1S/C13H18N2O3S/c1-9(12(16)17)10-7-15(8-10)13(18)14-5-4-11-3-2-6-19-11/h2-3,6,9-10H,4-5,7-8H2,1H3,(H,14,18)(H,16,17). The minimum atomic E-state index is -0.789. The number of carboxylic acids is 1. The van der Waals surface area contributed by atoms with E-state index < -0.39 is 5.97 Å². The van der Waals surface area contributed by atoms with Crippen molar-refractivity contribution in [2.45, 2.75) is 13.3 Å². The second-order valence-electron chi connectivity index (χ2n) is 4.85. The first-order valence-electron chi connectivity index (χ1n) is 6.36. The van der Waals surface area contributed by atoms with Gasteiger partial charge in [-0.15, -0.1) is 11.3 Å². The normalized spacial score (nSPS) is 16.8. The first kappa shape index (κ1) is 13.9. The summed E-state index contributed by atoms with van der Waals surface area (Å²) < 4.78 is 0. The van der Waals surface area contributed by atoms with E-state index in [0.717, 1.165) is 6.42 Å². The highest BCUT2D eigenvalue weighted by Gasteiger charge is 2.36. The summed E-state index contributed by atoms with van der Waals surface area (Å²) in [4.78, 5) is 25.5. The molecule has 104 valence electrons. The highest BCUT2D eigenvalue weighted by molar-refractivity contribution is 7.09. The van der Waals surface area contributed by atoms with Crippen LogP contribution in [0.4, 0.5) is 4.79 Å². The van der Waals surface area contributed by atoms with Crippen LogP contribution in [0.2, 0.25) is 0 Å². The average molecular weight is 282 g/mol. The summed E-state index contributed by atoms with van der Waals surface area (Å²) in [5.41, 5.74) is 0. The number of thiophene rings is 1. The number of hydrogen-bond donors (Lipinski definition) is 2. The van der Waals surface area contributed by atoms with E-state index in [1.165, 1.54) is 4.88 Å². The van der Waals surface area contributed by atoms with E-state index in [0.29, 0.717) is 19.6 Å². The van der Waals surface area contributed by atoms with Gasteiger partial charge >= 0.3 is 12.0 Å². The zero-order chi connectivity index (χ0) is 13.8. The van der Waals surface area contributed by atoms with Crippen LogP contribution in [-0.2, 0) is 11.2 Å². The molecule has 1 atom stereocenters. The van der Waals surface area contributed by atoms with Crippen LogP contribution in [0.3, 0.4) is 0 Å². The zero-order valence-corrected chi connectivity index (χ0v) is 11.7. The second-order valence-corrected chi connectivity index (χ2v) is 5.89. The Morgan fingerprint density at radius 1 is 1.58 bits per heavy atom. The molecule has 2 rings (SSSR count). The Bertz CT molecular complexity index is 441. The van der Waals surface area contributed by atoms with Crippen molar-refractivity contribution in [3.63, 3.8) is 0 Å². The third-order valence-electron chi connectivity index (χ3n) is 3.52. The first-order chi connectivity index (χ1) is 9.08. The molecule has 0 aliphatic carbocycles. The fraction of sp³-hybridized carbons (Fsp3) is 0.538. The summed E-state index contributed by atoms with van der Waals surface area (Å²) >= 11 is 1.68. The van der Waals surface area contributed by atoms with Gasteiger partial charge in [-0.2, -0.15) is 0 Å². The molecule has 0 spiro atoms. The Labute approximate surface area is 116 Å². The number of urea groups is 1. The molecule has 1 fully saturated rings. The van der Waals surface area contributed by atoms with Gasteiger partial charge in [0.25, 0.3) is 0 Å². The van der Waals surface area contributed by atoms with E-state index in [1.807, 2.05) is 17.5 Å². The van der Waals surface area contributed by atoms with Gasteiger partial charge in [0.1, 0.15) is 0 Å². The number of nitrogens with zero attached hydrogens (tertiary/aromatic N) is 1. The number of aliphatic carboxylic acids is 1. The van der Waals surface area contributed by atoms with Crippen molar-refractivity contribution in [3.05, 3.63) is 22.4 Å². The van der Waals surface area contributed by atoms with Crippen LogP contribution in [0.15, 0.2) is 17.5 Å². The van der Waals surface area contributed by atoms with Crippen LogP contribution in [-0.4, -0.2) is 41.6 Å². The minimum absolute atomic E-state index is 0.0838. The summed E-state index contributed by atoms with van der Waals surface area (Å²) in [7, 11) is 0. The van der Waals surface area contributed by atoms with Crippen LogP contribution >= 0.6 is 11.3 Å². The van der Waals surface area contributed by atoms with Gasteiger partial charge in [-0.05, 0) is 17.9 Å². The maximum absolute atomic E-state index is 11.8. The SMILES string of the molecule is CC(C(=O)O)C1CN(C(=O)NCCc2cccs2)C1. The smallest absolute Gasteiger partial charge is 0.317 e. The van der Waals surface area contributed by atoms with Crippen molar-refractivity contribution in [3.8, 4) is 0 Å². The molecule has 1 aliphatic heterocycles. The molecule has 2 amide bonds. The molecule has 0 aromatic carbocycles. The van der Waals surface area contributed by atoms with Gasteiger partial charge in [-0.3, -0.25) is 4.79 Å². The Morgan fingerprint density at radius 2 is 2.32 bits per heavy atom. The van der Waals surface area contributed by atoms with Crippen LogP contribution in [0.5, 0.6) is 0 Å². The maximum Gasteiger partial charge on any atom is 0.317 e. The Morgan fingerprint density at radius 3 is 2.89 bits per heavy atom. The third-order valence-corrected chi connectivity index (χ3v) is 4.46. The van der Waals surface area contributed by atoms with E-state index in [1.54, 1.807) is 23.2 Å². The number of carbonyl (C=O) groups excluding carboxylic acids is 1. The lowest BCUT2D eigenvalue weighted by atomic mass is 9.87. The number of rotatable bonds is 5. The topological polar surface area (TPSA) is 69.6 Å². The fourth-order valence-corrected chi connectivity index (χ4v) is 2.76. The van der Waals surface area contributed by atoms with E-state index in [4.69, 9.17) is 5.11 Å². The number of amides is 2. The van der Waals surface area contributed by atoms with E-state index in [9.17, 15) is 9.59 Å². The van der Waals surface area contributed by atoms with E-state index in [-0.39, 0.29) is 17.9 Å². The first-order valence-corrected chi connectivity index (χ1v) is 7.24. The largest absolute Gasteiger partial charge is 0.481 e. The molecule has 1 aromatic heterocycles. The predicted octanol–water partition coefficient (Wildman–Crippen LogP) is 1.65. The van der Waals surface area contributed by atoms with Gasteiger partial charge in [0, 0.05) is 30.4 Å². The van der Waals surface area contributed by atoms with Crippen molar-refractivity contribution in [2.75, 3.05) is 19.6 Å². The average Bonchev–Trinajstić information content (AvgIpc) is 2.79. The lowest BCUT2D eigenvalue weighted by molar-refractivity contribution is -0.144. The van der Waals surface area contributed by atoms with Gasteiger partial charge < -0.3 is 15.3 Å². The molecular formula is C13H18N2O3S. The summed E-state index contributed by atoms with van der Waals surface area (Å²) in [5, 5.41) is 13.7. The zero-order valence-electron chi connectivity index (χ0n) is 10.8. The Kier molecular flexibility index (Phi) is 4.42. The molecule has 19 heavy (non-hydrogen) atoms. The molecule has 2 heterocycles. The molecule has 1 unspecified atom stereocenters. The van der Waals surface area contributed by atoms with Gasteiger partial charge in [0.2, 0.25) is 0 Å². The molecular weight excluding hydrogens is 264 g/mol. The van der Waals surface area contributed by atoms with Crippen LogP contribution < -0.4 is 5.32 Å².